The molecule has 0 bridgehead atoms. The van der Waals surface area contributed by atoms with Crippen LogP contribution < -0.4 is 5.32 Å². The Morgan fingerprint density at radius 3 is 2.54 bits per heavy atom. The summed E-state index contributed by atoms with van der Waals surface area (Å²) in [6, 6.07) is 2.14. The number of rotatable bonds is 5. The van der Waals surface area contributed by atoms with Gasteiger partial charge in [-0.15, -0.1) is 0 Å². The van der Waals surface area contributed by atoms with Gasteiger partial charge in [0.1, 0.15) is 0 Å². The molecule has 5 nitrogen and oxygen atoms in total. The molecule has 1 aromatic rings. The van der Waals surface area contributed by atoms with Crippen LogP contribution in [0.3, 0.4) is 0 Å². The molecule has 2 heterocycles. The highest BCUT2D eigenvalue weighted by molar-refractivity contribution is 5.80. The van der Waals surface area contributed by atoms with E-state index in [-0.39, 0.29) is 0 Å². The minimum absolute atomic E-state index is 0.469. The zero-order valence-corrected chi connectivity index (χ0v) is 16.3. The van der Waals surface area contributed by atoms with Crippen molar-refractivity contribution in [1.82, 2.24) is 20.0 Å². The first-order chi connectivity index (χ1) is 11.4. The zero-order chi connectivity index (χ0) is 17.7. The third kappa shape index (κ3) is 5.25. The van der Waals surface area contributed by atoms with Gasteiger partial charge in [-0.05, 0) is 51.0 Å². The standard InChI is InChI=1S/C19H35N5/c1-7-20-19(23-11-14(2)8-15(3)12-23)21-10-16(4)13-24-18(6)9-17(5)22-24/h9,14-16H,7-8,10-13H2,1-6H3,(H,20,21). The van der Waals surface area contributed by atoms with Crippen molar-refractivity contribution in [3.8, 4) is 0 Å². The molecule has 0 aliphatic carbocycles. The molecule has 1 fully saturated rings. The van der Waals surface area contributed by atoms with Crippen molar-refractivity contribution in [1.29, 1.82) is 0 Å². The molecule has 1 aromatic heterocycles. The van der Waals surface area contributed by atoms with E-state index in [1.54, 1.807) is 0 Å². The van der Waals surface area contributed by atoms with E-state index in [1.807, 2.05) is 6.92 Å². The number of guanidine groups is 1. The molecule has 1 saturated heterocycles. The van der Waals surface area contributed by atoms with Crippen LogP contribution in [0.15, 0.2) is 11.1 Å². The molecule has 0 aromatic carbocycles. The third-order valence-electron chi connectivity index (χ3n) is 4.64. The Labute approximate surface area is 147 Å². The fourth-order valence-electron chi connectivity index (χ4n) is 3.72. The van der Waals surface area contributed by atoms with Gasteiger partial charge in [-0.25, -0.2) is 0 Å². The number of hydrogen-bond acceptors (Lipinski definition) is 2. The molecule has 0 amide bonds. The van der Waals surface area contributed by atoms with Crippen LogP contribution in [0.2, 0.25) is 0 Å². The normalized spacial score (nSPS) is 23.4. The second-order valence-electron chi connectivity index (χ2n) is 7.76. The molecule has 0 saturated carbocycles. The molecule has 3 atom stereocenters. The van der Waals surface area contributed by atoms with Gasteiger partial charge in [-0.1, -0.05) is 20.8 Å². The maximum atomic E-state index is 4.93. The van der Waals surface area contributed by atoms with E-state index < -0.39 is 0 Å². The van der Waals surface area contributed by atoms with Gasteiger partial charge in [0.2, 0.25) is 0 Å². The SMILES string of the molecule is CCNC(=NCC(C)Cn1nc(C)cc1C)N1CC(C)CC(C)C1. The van der Waals surface area contributed by atoms with E-state index in [0.29, 0.717) is 5.92 Å². The van der Waals surface area contributed by atoms with Gasteiger partial charge in [-0.3, -0.25) is 9.67 Å². The quantitative estimate of drug-likeness (QED) is 0.665. The van der Waals surface area contributed by atoms with Crippen molar-refractivity contribution in [2.45, 2.75) is 54.5 Å². The highest BCUT2D eigenvalue weighted by Crippen LogP contribution is 2.21. The van der Waals surface area contributed by atoms with Gasteiger partial charge in [-0.2, -0.15) is 5.10 Å². The predicted molar refractivity (Wildman–Crippen MR) is 101 cm³/mol. The lowest BCUT2D eigenvalue weighted by atomic mass is 9.92. The fraction of sp³-hybridized carbons (Fsp3) is 0.789. The van der Waals surface area contributed by atoms with Crippen molar-refractivity contribution in [3.05, 3.63) is 17.5 Å². The Bertz CT molecular complexity index is 538. The second-order valence-corrected chi connectivity index (χ2v) is 7.76. The van der Waals surface area contributed by atoms with Crippen LogP contribution in [-0.4, -0.2) is 46.8 Å². The molecule has 1 aliphatic rings. The molecular weight excluding hydrogens is 298 g/mol. The molecular formula is C19H35N5. The minimum atomic E-state index is 0.469. The van der Waals surface area contributed by atoms with Crippen molar-refractivity contribution in [2.75, 3.05) is 26.2 Å². The van der Waals surface area contributed by atoms with Crippen LogP contribution in [0.5, 0.6) is 0 Å². The predicted octanol–water partition coefficient (Wildman–Crippen LogP) is 3.08. The summed E-state index contributed by atoms with van der Waals surface area (Å²) in [5.41, 5.74) is 2.32. The second kappa shape index (κ2) is 8.54. The molecule has 24 heavy (non-hydrogen) atoms. The lowest BCUT2D eigenvalue weighted by molar-refractivity contribution is 0.208. The van der Waals surface area contributed by atoms with Crippen molar-refractivity contribution < 1.29 is 0 Å². The van der Waals surface area contributed by atoms with Crippen LogP contribution in [-0.2, 0) is 6.54 Å². The first kappa shape index (κ1) is 18.8. The Balaban J connectivity index is 1.98. The summed E-state index contributed by atoms with van der Waals surface area (Å²) in [6.45, 7) is 18.2. The number of aromatic nitrogens is 2. The van der Waals surface area contributed by atoms with E-state index in [4.69, 9.17) is 4.99 Å². The maximum Gasteiger partial charge on any atom is 0.193 e. The number of nitrogens with one attached hydrogen (secondary N) is 1. The van der Waals surface area contributed by atoms with Gasteiger partial charge in [0, 0.05) is 38.4 Å². The maximum absolute atomic E-state index is 4.93. The van der Waals surface area contributed by atoms with Crippen molar-refractivity contribution in [3.63, 3.8) is 0 Å². The Hall–Kier alpha value is -1.52. The summed E-state index contributed by atoms with van der Waals surface area (Å²) < 4.78 is 2.10. The van der Waals surface area contributed by atoms with E-state index in [1.165, 1.54) is 12.1 Å². The number of hydrogen-bond donors (Lipinski definition) is 1. The summed E-state index contributed by atoms with van der Waals surface area (Å²) in [5.74, 6) is 3.03. The number of piperidine rings is 1. The monoisotopic (exact) mass is 333 g/mol. The van der Waals surface area contributed by atoms with Gasteiger partial charge in [0.15, 0.2) is 5.96 Å². The fourth-order valence-corrected chi connectivity index (χ4v) is 3.72. The molecule has 5 heteroatoms. The number of aryl methyl sites for hydroxylation is 2. The first-order valence-electron chi connectivity index (χ1n) is 9.43. The molecule has 3 unspecified atom stereocenters. The molecule has 2 rings (SSSR count). The Morgan fingerprint density at radius 2 is 2.00 bits per heavy atom. The average molecular weight is 334 g/mol. The van der Waals surface area contributed by atoms with Gasteiger partial charge >= 0.3 is 0 Å². The highest BCUT2D eigenvalue weighted by Gasteiger charge is 2.24. The van der Waals surface area contributed by atoms with E-state index in [2.05, 4.69) is 60.7 Å². The van der Waals surface area contributed by atoms with Crippen LogP contribution >= 0.6 is 0 Å². The largest absolute Gasteiger partial charge is 0.357 e. The summed E-state index contributed by atoms with van der Waals surface area (Å²) >= 11 is 0. The lowest BCUT2D eigenvalue weighted by Gasteiger charge is -2.37. The van der Waals surface area contributed by atoms with Gasteiger partial charge < -0.3 is 10.2 Å². The van der Waals surface area contributed by atoms with Crippen LogP contribution in [0.4, 0.5) is 0 Å². The summed E-state index contributed by atoms with van der Waals surface area (Å²) in [5, 5.41) is 8.05. The van der Waals surface area contributed by atoms with E-state index >= 15 is 0 Å². The molecule has 0 spiro atoms. The van der Waals surface area contributed by atoms with E-state index in [0.717, 1.165) is 56.2 Å². The zero-order valence-electron chi connectivity index (χ0n) is 16.3. The van der Waals surface area contributed by atoms with E-state index in [9.17, 15) is 0 Å². The summed E-state index contributed by atoms with van der Waals surface area (Å²) in [7, 11) is 0. The molecule has 1 aliphatic heterocycles. The molecule has 136 valence electrons. The summed E-state index contributed by atoms with van der Waals surface area (Å²) in [6.07, 6.45) is 1.32. The third-order valence-corrected chi connectivity index (χ3v) is 4.64. The highest BCUT2D eigenvalue weighted by atomic mass is 15.3. The smallest absolute Gasteiger partial charge is 0.193 e. The van der Waals surface area contributed by atoms with Crippen molar-refractivity contribution >= 4 is 5.96 Å². The van der Waals surface area contributed by atoms with Crippen LogP contribution in [0.1, 0.15) is 45.5 Å². The molecule has 0 radical (unpaired) electrons. The topological polar surface area (TPSA) is 45.5 Å². The number of nitrogens with zero attached hydrogens (tertiary/aromatic N) is 4. The van der Waals surface area contributed by atoms with Gasteiger partial charge in [0.25, 0.3) is 0 Å². The first-order valence-corrected chi connectivity index (χ1v) is 9.43. The van der Waals surface area contributed by atoms with Crippen LogP contribution in [0, 0.1) is 31.6 Å². The van der Waals surface area contributed by atoms with Crippen molar-refractivity contribution in [2.24, 2.45) is 22.7 Å². The minimum Gasteiger partial charge on any atom is -0.357 e. The lowest BCUT2D eigenvalue weighted by Crippen LogP contribution is -2.48. The Morgan fingerprint density at radius 1 is 1.33 bits per heavy atom. The van der Waals surface area contributed by atoms with Crippen LogP contribution in [0.25, 0.3) is 0 Å². The summed E-state index contributed by atoms with van der Waals surface area (Å²) in [4.78, 5) is 7.37. The molecule has 1 N–H and O–H groups in total. The Kier molecular flexibility index (Phi) is 6.69. The number of likely N-dealkylation sites (tertiary alicyclic amines) is 1. The average Bonchev–Trinajstić information content (AvgIpc) is 2.80. The van der Waals surface area contributed by atoms with Gasteiger partial charge in [0.05, 0.1) is 5.69 Å². The number of aliphatic imine (C=N–C) groups is 1.